The lowest BCUT2D eigenvalue weighted by Crippen LogP contribution is -2.09. The number of nitrogens with zero attached hydrogens (tertiary/aromatic N) is 2. The van der Waals surface area contributed by atoms with Gasteiger partial charge in [0.15, 0.2) is 0 Å². The van der Waals surface area contributed by atoms with Gasteiger partial charge in [0.05, 0.1) is 11.0 Å². The molecule has 0 radical (unpaired) electrons. The van der Waals surface area contributed by atoms with Gasteiger partial charge in [0, 0.05) is 6.07 Å². The van der Waals surface area contributed by atoms with Crippen molar-refractivity contribution < 1.29 is 5.11 Å². The van der Waals surface area contributed by atoms with Gasteiger partial charge in [-0.2, -0.15) is 0 Å². The minimum atomic E-state index is 0.209. The highest BCUT2D eigenvalue weighted by molar-refractivity contribution is 5.77. The Morgan fingerprint density at radius 1 is 1.50 bits per heavy atom. The Kier molecular flexibility index (Phi) is 1.24. The number of nitrogen functional groups attached to an aromatic ring is 1. The number of aromatic nitrogens is 2. The van der Waals surface area contributed by atoms with E-state index in [1.54, 1.807) is 18.2 Å². The molecule has 0 amide bonds. The molecule has 0 bridgehead atoms. The molecule has 0 saturated heterocycles. The van der Waals surface area contributed by atoms with Crippen LogP contribution in [0.2, 0.25) is 0 Å². The fourth-order valence-corrected chi connectivity index (χ4v) is 1.21. The van der Waals surface area contributed by atoms with Gasteiger partial charge in [0.1, 0.15) is 11.6 Å². The monoisotopic (exact) mass is 163 g/mol. The minimum absolute atomic E-state index is 0.209. The summed E-state index contributed by atoms with van der Waals surface area (Å²) in [5.74, 6) is 6.60. The van der Waals surface area contributed by atoms with Crippen molar-refractivity contribution in [2.24, 2.45) is 0 Å². The number of aryl methyl sites for hydroxylation is 1. The number of benzene rings is 1. The number of fused-ring (bicyclic) bond motifs is 1. The van der Waals surface area contributed by atoms with Gasteiger partial charge in [-0.25, -0.2) is 9.66 Å². The molecule has 4 nitrogen and oxygen atoms in total. The molecule has 0 aliphatic heterocycles. The van der Waals surface area contributed by atoms with E-state index in [4.69, 9.17) is 10.9 Å². The summed E-state index contributed by atoms with van der Waals surface area (Å²) in [6, 6.07) is 4.92. The van der Waals surface area contributed by atoms with Gasteiger partial charge in [-0.15, -0.1) is 0 Å². The van der Waals surface area contributed by atoms with Gasteiger partial charge < -0.3 is 10.9 Å². The van der Waals surface area contributed by atoms with Crippen LogP contribution in [0, 0.1) is 6.92 Å². The number of phenolic OH excluding ortho intramolecular Hbond substituents is 1. The first-order chi connectivity index (χ1) is 5.68. The topological polar surface area (TPSA) is 64.1 Å². The second-order valence-corrected chi connectivity index (χ2v) is 2.70. The smallest absolute Gasteiger partial charge is 0.125 e. The summed E-state index contributed by atoms with van der Waals surface area (Å²) in [5, 5.41) is 9.14. The Labute approximate surface area is 69.2 Å². The van der Waals surface area contributed by atoms with Crippen LogP contribution in [0.15, 0.2) is 18.2 Å². The number of nitrogens with two attached hydrogens (primary N) is 1. The Balaban J connectivity index is 2.87. The molecule has 2 rings (SSSR count). The predicted octanol–water partition coefficient (Wildman–Crippen LogP) is 0.764. The lowest BCUT2D eigenvalue weighted by Gasteiger charge is -1.95. The quantitative estimate of drug-likeness (QED) is 0.563. The first kappa shape index (κ1) is 6.97. The number of aromatic hydroxyl groups is 1. The van der Waals surface area contributed by atoms with Crippen LogP contribution in [0.4, 0.5) is 0 Å². The number of hydrogen-bond acceptors (Lipinski definition) is 3. The van der Waals surface area contributed by atoms with Crippen molar-refractivity contribution in [1.82, 2.24) is 9.66 Å². The van der Waals surface area contributed by atoms with E-state index in [1.807, 2.05) is 6.92 Å². The average molecular weight is 163 g/mol. The number of hydrogen-bond donors (Lipinski definition) is 2. The fourth-order valence-electron chi connectivity index (χ4n) is 1.21. The molecule has 0 unspecified atom stereocenters. The van der Waals surface area contributed by atoms with Crippen LogP contribution >= 0.6 is 0 Å². The van der Waals surface area contributed by atoms with E-state index >= 15 is 0 Å². The fraction of sp³-hybridized carbons (Fsp3) is 0.125. The largest absolute Gasteiger partial charge is 0.508 e. The van der Waals surface area contributed by atoms with Gasteiger partial charge in [-0.1, -0.05) is 0 Å². The molecule has 0 fully saturated rings. The van der Waals surface area contributed by atoms with Crippen LogP contribution in [0.5, 0.6) is 5.75 Å². The molecule has 1 aromatic carbocycles. The van der Waals surface area contributed by atoms with Crippen LogP contribution in [0.25, 0.3) is 11.0 Å². The van der Waals surface area contributed by atoms with E-state index in [2.05, 4.69) is 4.98 Å². The van der Waals surface area contributed by atoms with E-state index in [9.17, 15) is 0 Å². The van der Waals surface area contributed by atoms with E-state index in [0.29, 0.717) is 0 Å². The van der Waals surface area contributed by atoms with E-state index in [-0.39, 0.29) is 5.75 Å². The third-order valence-electron chi connectivity index (χ3n) is 1.85. The molecule has 1 aromatic heterocycles. The highest BCUT2D eigenvalue weighted by Crippen LogP contribution is 2.18. The van der Waals surface area contributed by atoms with E-state index in [0.717, 1.165) is 16.9 Å². The molecule has 3 N–H and O–H groups in total. The minimum Gasteiger partial charge on any atom is -0.508 e. The van der Waals surface area contributed by atoms with Crippen LogP contribution < -0.4 is 5.84 Å². The van der Waals surface area contributed by atoms with Crippen molar-refractivity contribution in [3.05, 3.63) is 24.0 Å². The van der Waals surface area contributed by atoms with E-state index < -0.39 is 0 Å². The lowest BCUT2D eigenvalue weighted by atomic mass is 10.3. The maximum absolute atomic E-state index is 9.14. The van der Waals surface area contributed by atoms with Crippen LogP contribution in [0.3, 0.4) is 0 Å². The Bertz CT molecular complexity index is 433. The highest BCUT2D eigenvalue weighted by Gasteiger charge is 2.03. The molecule has 62 valence electrons. The zero-order chi connectivity index (χ0) is 8.72. The summed E-state index contributed by atoms with van der Waals surface area (Å²) in [7, 11) is 0. The predicted molar refractivity (Wildman–Crippen MR) is 46.3 cm³/mol. The maximum Gasteiger partial charge on any atom is 0.125 e. The first-order valence-electron chi connectivity index (χ1n) is 3.61. The van der Waals surface area contributed by atoms with Crippen molar-refractivity contribution in [2.75, 3.05) is 5.84 Å². The summed E-state index contributed by atoms with van der Waals surface area (Å²) in [4.78, 5) is 4.15. The summed E-state index contributed by atoms with van der Waals surface area (Å²) >= 11 is 0. The third-order valence-corrected chi connectivity index (χ3v) is 1.85. The van der Waals surface area contributed by atoms with Crippen LogP contribution in [-0.2, 0) is 0 Å². The zero-order valence-electron chi connectivity index (χ0n) is 6.65. The van der Waals surface area contributed by atoms with Crippen LogP contribution in [0.1, 0.15) is 5.82 Å². The summed E-state index contributed by atoms with van der Waals surface area (Å²) in [6.07, 6.45) is 0. The molecular weight excluding hydrogens is 154 g/mol. The first-order valence-corrected chi connectivity index (χ1v) is 3.61. The Morgan fingerprint density at radius 3 is 3.00 bits per heavy atom. The second-order valence-electron chi connectivity index (χ2n) is 2.70. The molecular formula is C8H9N3O. The second kappa shape index (κ2) is 2.14. The van der Waals surface area contributed by atoms with Crippen molar-refractivity contribution >= 4 is 11.0 Å². The molecule has 12 heavy (non-hydrogen) atoms. The van der Waals surface area contributed by atoms with Crippen molar-refractivity contribution in [1.29, 1.82) is 0 Å². The maximum atomic E-state index is 9.14. The van der Waals surface area contributed by atoms with Gasteiger partial charge in [-0.05, 0) is 19.1 Å². The number of phenols is 1. The molecule has 0 spiro atoms. The standard InChI is InChI=1S/C8H9N3O/c1-5-10-7-4-6(12)2-3-8(7)11(5)9/h2-4,12H,9H2,1H3. The van der Waals surface area contributed by atoms with Gasteiger partial charge in [0.2, 0.25) is 0 Å². The van der Waals surface area contributed by atoms with Gasteiger partial charge in [0.25, 0.3) is 0 Å². The van der Waals surface area contributed by atoms with Crippen molar-refractivity contribution in [2.45, 2.75) is 6.92 Å². The average Bonchev–Trinajstić information content (AvgIpc) is 2.28. The molecule has 4 heteroatoms. The molecule has 0 aliphatic rings. The molecule has 0 saturated carbocycles. The summed E-state index contributed by atoms with van der Waals surface area (Å²) in [6.45, 7) is 1.82. The van der Waals surface area contributed by atoms with Gasteiger partial charge >= 0.3 is 0 Å². The third kappa shape index (κ3) is 0.812. The molecule has 2 aromatic rings. The lowest BCUT2D eigenvalue weighted by molar-refractivity contribution is 0.476. The Morgan fingerprint density at radius 2 is 2.25 bits per heavy atom. The number of imidazole rings is 1. The molecule has 0 atom stereocenters. The highest BCUT2D eigenvalue weighted by atomic mass is 16.3. The Hall–Kier alpha value is -1.71. The normalized spacial score (nSPS) is 10.8. The van der Waals surface area contributed by atoms with Crippen LogP contribution in [-0.4, -0.2) is 14.8 Å². The summed E-state index contributed by atoms with van der Waals surface area (Å²) < 4.78 is 1.49. The molecule has 0 aliphatic carbocycles. The number of rotatable bonds is 0. The van der Waals surface area contributed by atoms with E-state index in [1.165, 1.54) is 4.68 Å². The molecule has 1 heterocycles. The van der Waals surface area contributed by atoms with Crippen molar-refractivity contribution in [3.63, 3.8) is 0 Å². The zero-order valence-corrected chi connectivity index (χ0v) is 6.65. The van der Waals surface area contributed by atoms with Crippen molar-refractivity contribution in [3.8, 4) is 5.75 Å². The van der Waals surface area contributed by atoms with Gasteiger partial charge in [-0.3, -0.25) is 0 Å². The SMILES string of the molecule is Cc1nc2cc(O)ccc2n1N. The summed E-state index contributed by atoms with van der Waals surface area (Å²) in [5.41, 5.74) is 1.54.